The monoisotopic (exact) mass is 250 g/mol. The maximum Gasteiger partial charge on any atom is 0.407 e. The van der Waals surface area contributed by atoms with E-state index in [1.54, 1.807) is 0 Å². The maximum absolute atomic E-state index is 10.8. The molecule has 18 heavy (non-hydrogen) atoms. The van der Waals surface area contributed by atoms with Gasteiger partial charge in [-0.05, 0) is 30.2 Å². The van der Waals surface area contributed by atoms with Crippen LogP contribution in [0.4, 0.5) is 10.5 Å². The van der Waals surface area contributed by atoms with Gasteiger partial charge in [-0.2, -0.15) is 0 Å². The fourth-order valence-corrected chi connectivity index (χ4v) is 2.15. The molecule has 0 aliphatic carbocycles. The third kappa shape index (κ3) is 2.67. The summed E-state index contributed by atoms with van der Waals surface area (Å²) >= 11 is 0. The number of hydrogen-bond acceptors (Lipinski definition) is 3. The second kappa shape index (κ2) is 5.16. The van der Waals surface area contributed by atoms with Crippen LogP contribution in [-0.4, -0.2) is 35.3 Å². The van der Waals surface area contributed by atoms with Crippen LogP contribution in [0.25, 0.3) is 0 Å². The molecule has 1 unspecified atom stereocenters. The van der Waals surface area contributed by atoms with Gasteiger partial charge >= 0.3 is 6.09 Å². The Morgan fingerprint density at radius 2 is 2.39 bits per heavy atom. The van der Waals surface area contributed by atoms with E-state index in [9.17, 15) is 4.79 Å². The quantitative estimate of drug-likeness (QED) is 0.804. The lowest BCUT2D eigenvalue weighted by Gasteiger charge is -2.15. The minimum Gasteiger partial charge on any atom is -0.489 e. The van der Waals surface area contributed by atoms with Crippen molar-refractivity contribution < 1.29 is 14.6 Å². The normalized spacial score (nSPS) is 18.9. The third-order valence-corrected chi connectivity index (χ3v) is 3.21. The SMILES string of the molecule is CCc1cc(OC2CCN(C(=O)O)C2)ccc1N. The summed E-state index contributed by atoms with van der Waals surface area (Å²) in [7, 11) is 0. The number of rotatable bonds is 3. The van der Waals surface area contributed by atoms with Crippen molar-refractivity contribution in [2.45, 2.75) is 25.9 Å². The Hall–Kier alpha value is -1.91. The van der Waals surface area contributed by atoms with Crippen molar-refractivity contribution >= 4 is 11.8 Å². The summed E-state index contributed by atoms with van der Waals surface area (Å²) in [5.41, 5.74) is 7.65. The number of nitrogen functional groups attached to an aromatic ring is 1. The van der Waals surface area contributed by atoms with Crippen LogP contribution in [-0.2, 0) is 6.42 Å². The molecule has 3 N–H and O–H groups in total. The molecular weight excluding hydrogens is 232 g/mol. The molecule has 0 spiro atoms. The Balaban J connectivity index is 2.00. The smallest absolute Gasteiger partial charge is 0.407 e. The number of nitrogens with two attached hydrogens (primary N) is 1. The van der Waals surface area contributed by atoms with Gasteiger partial charge in [0, 0.05) is 18.7 Å². The molecule has 0 radical (unpaired) electrons. The minimum atomic E-state index is -0.882. The second-order valence-electron chi connectivity index (χ2n) is 4.47. The summed E-state index contributed by atoms with van der Waals surface area (Å²) in [4.78, 5) is 12.2. The van der Waals surface area contributed by atoms with E-state index in [0.29, 0.717) is 13.1 Å². The van der Waals surface area contributed by atoms with Crippen LogP contribution in [0, 0.1) is 0 Å². The Bertz CT molecular complexity index is 448. The van der Waals surface area contributed by atoms with Gasteiger partial charge in [-0.25, -0.2) is 4.79 Å². The number of carboxylic acid groups (broad SMARTS) is 1. The molecule has 1 saturated heterocycles. The topological polar surface area (TPSA) is 75.8 Å². The van der Waals surface area contributed by atoms with Crippen molar-refractivity contribution in [2.75, 3.05) is 18.8 Å². The van der Waals surface area contributed by atoms with E-state index in [2.05, 4.69) is 0 Å². The number of carbonyl (C=O) groups is 1. The molecule has 5 nitrogen and oxygen atoms in total. The number of likely N-dealkylation sites (tertiary alicyclic amines) is 1. The van der Waals surface area contributed by atoms with E-state index >= 15 is 0 Å². The van der Waals surface area contributed by atoms with Crippen LogP contribution in [0.1, 0.15) is 18.9 Å². The molecule has 1 fully saturated rings. The van der Waals surface area contributed by atoms with Gasteiger partial charge in [0.15, 0.2) is 0 Å². The highest BCUT2D eigenvalue weighted by atomic mass is 16.5. The fourth-order valence-electron chi connectivity index (χ4n) is 2.15. The van der Waals surface area contributed by atoms with Crippen LogP contribution in [0.5, 0.6) is 5.75 Å². The third-order valence-electron chi connectivity index (χ3n) is 3.21. The minimum absolute atomic E-state index is 0.0607. The van der Waals surface area contributed by atoms with Gasteiger partial charge in [-0.3, -0.25) is 0 Å². The molecule has 1 aromatic rings. The van der Waals surface area contributed by atoms with Gasteiger partial charge in [0.1, 0.15) is 11.9 Å². The lowest BCUT2D eigenvalue weighted by atomic mass is 10.1. The molecule has 1 atom stereocenters. The number of nitrogens with zero attached hydrogens (tertiary/aromatic N) is 1. The molecule has 5 heteroatoms. The highest BCUT2D eigenvalue weighted by Crippen LogP contribution is 2.23. The van der Waals surface area contributed by atoms with E-state index in [4.69, 9.17) is 15.6 Å². The highest BCUT2D eigenvalue weighted by Gasteiger charge is 2.27. The van der Waals surface area contributed by atoms with Gasteiger partial charge in [0.25, 0.3) is 0 Å². The predicted molar refractivity (Wildman–Crippen MR) is 68.9 cm³/mol. The van der Waals surface area contributed by atoms with E-state index in [1.807, 2.05) is 25.1 Å². The van der Waals surface area contributed by atoms with Crippen LogP contribution in [0.3, 0.4) is 0 Å². The molecular formula is C13H18N2O3. The van der Waals surface area contributed by atoms with Crippen LogP contribution in [0.15, 0.2) is 18.2 Å². The lowest BCUT2D eigenvalue weighted by Crippen LogP contribution is -2.29. The van der Waals surface area contributed by atoms with Crippen LogP contribution in [0.2, 0.25) is 0 Å². The van der Waals surface area contributed by atoms with Gasteiger partial charge in [0.05, 0.1) is 6.54 Å². The molecule has 1 amide bonds. The van der Waals surface area contributed by atoms with Crippen molar-refractivity contribution in [1.29, 1.82) is 0 Å². The summed E-state index contributed by atoms with van der Waals surface area (Å²) in [5, 5.41) is 8.87. The average Bonchev–Trinajstić information content (AvgIpc) is 2.80. The first kappa shape index (κ1) is 12.5. The largest absolute Gasteiger partial charge is 0.489 e. The number of anilines is 1. The van der Waals surface area contributed by atoms with E-state index in [1.165, 1.54) is 4.90 Å². The van der Waals surface area contributed by atoms with Gasteiger partial charge in [-0.15, -0.1) is 0 Å². The Morgan fingerprint density at radius 3 is 3.00 bits per heavy atom. The molecule has 0 aromatic heterocycles. The van der Waals surface area contributed by atoms with Gasteiger partial charge in [0.2, 0.25) is 0 Å². The van der Waals surface area contributed by atoms with E-state index in [0.717, 1.165) is 29.8 Å². The van der Waals surface area contributed by atoms with Gasteiger partial charge < -0.3 is 20.5 Å². The van der Waals surface area contributed by atoms with Crippen LogP contribution >= 0.6 is 0 Å². The van der Waals surface area contributed by atoms with Crippen molar-refractivity contribution in [3.8, 4) is 5.75 Å². The average molecular weight is 250 g/mol. The summed E-state index contributed by atoms with van der Waals surface area (Å²) in [6, 6.07) is 5.59. The molecule has 1 heterocycles. The highest BCUT2D eigenvalue weighted by molar-refractivity contribution is 5.65. The van der Waals surface area contributed by atoms with Crippen LogP contribution < -0.4 is 10.5 Å². The fraction of sp³-hybridized carbons (Fsp3) is 0.462. The number of ether oxygens (including phenoxy) is 1. The maximum atomic E-state index is 10.8. The Kier molecular flexibility index (Phi) is 3.60. The number of amides is 1. The standard InChI is InChI=1S/C13H18N2O3/c1-2-9-7-10(3-4-12(9)14)18-11-5-6-15(8-11)13(16)17/h3-4,7,11H,2,5-6,8,14H2,1H3,(H,16,17). The number of benzene rings is 1. The van der Waals surface area contributed by atoms with Crippen molar-refractivity contribution in [3.05, 3.63) is 23.8 Å². The Labute approximate surface area is 106 Å². The molecule has 0 saturated carbocycles. The summed E-state index contributed by atoms with van der Waals surface area (Å²) < 4.78 is 5.79. The summed E-state index contributed by atoms with van der Waals surface area (Å²) in [6.07, 6.45) is 0.648. The zero-order valence-electron chi connectivity index (χ0n) is 10.4. The zero-order valence-corrected chi connectivity index (χ0v) is 10.4. The first-order valence-electron chi connectivity index (χ1n) is 6.13. The second-order valence-corrected chi connectivity index (χ2v) is 4.47. The Morgan fingerprint density at radius 1 is 1.61 bits per heavy atom. The molecule has 0 bridgehead atoms. The summed E-state index contributed by atoms with van der Waals surface area (Å²) in [5.74, 6) is 0.762. The number of hydrogen-bond donors (Lipinski definition) is 2. The molecule has 2 rings (SSSR count). The molecule has 1 aliphatic heterocycles. The van der Waals surface area contributed by atoms with Gasteiger partial charge in [-0.1, -0.05) is 6.92 Å². The number of aryl methyl sites for hydroxylation is 1. The first-order chi connectivity index (χ1) is 8.60. The van der Waals surface area contributed by atoms with Crippen molar-refractivity contribution in [2.24, 2.45) is 0 Å². The zero-order chi connectivity index (χ0) is 13.1. The van der Waals surface area contributed by atoms with Crippen molar-refractivity contribution in [3.63, 3.8) is 0 Å². The molecule has 1 aliphatic rings. The predicted octanol–water partition coefficient (Wildman–Crippen LogP) is 1.96. The molecule has 1 aromatic carbocycles. The van der Waals surface area contributed by atoms with E-state index in [-0.39, 0.29) is 6.10 Å². The van der Waals surface area contributed by atoms with Crippen molar-refractivity contribution in [1.82, 2.24) is 4.90 Å². The molecule has 98 valence electrons. The lowest BCUT2D eigenvalue weighted by molar-refractivity contribution is 0.145. The van der Waals surface area contributed by atoms with E-state index < -0.39 is 6.09 Å². The first-order valence-corrected chi connectivity index (χ1v) is 6.13. The summed E-state index contributed by atoms with van der Waals surface area (Å²) in [6.45, 7) is 3.01.